The first-order chi connectivity index (χ1) is 19.7. The van der Waals surface area contributed by atoms with Crippen molar-refractivity contribution < 1.29 is 19.0 Å². The molecule has 0 fully saturated rings. The molecule has 0 rings (SSSR count). The number of carbonyl (C=O) groups is 1. The zero-order chi connectivity index (χ0) is 29.2. The lowest BCUT2D eigenvalue weighted by Crippen LogP contribution is -2.37. The third-order valence-corrected chi connectivity index (χ3v) is 7.71. The fourth-order valence-corrected chi connectivity index (χ4v) is 5.06. The van der Waals surface area contributed by atoms with E-state index in [1.165, 1.54) is 141 Å². The second-order valence-electron chi connectivity index (χ2n) is 11.9. The van der Waals surface area contributed by atoms with Crippen molar-refractivity contribution in [3.8, 4) is 0 Å². The number of hydrogen-bond acceptors (Lipinski definition) is 4. The summed E-state index contributed by atoms with van der Waals surface area (Å²) in [6.07, 6.45) is 32.6. The van der Waals surface area contributed by atoms with E-state index in [4.69, 9.17) is 14.2 Å². The minimum atomic E-state index is -0.359. The summed E-state index contributed by atoms with van der Waals surface area (Å²) in [6.45, 7) is 9.49. The molecule has 1 unspecified atom stereocenters. The van der Waals surface area contributed by atoms with Crippen LogP contribution in [0.4, 0.5) is 4.79 Å². The zero-order valence-electron chi connectivity index (χ0n) is 27.4. The number of nitrogens with one attached hydrogen (secondary N) is 1. The van der Waals surface area contributed by atoms with Gasteiger partial charge in [0.2, 0.25) is 0 Å². The second-order valence-corrected chi connectivity index (χ2v) is 11.9. The molecule has 240 valence electrons. The third-order valence-electron chi connectivity index (χ3n) is 7.71. The Hall–Kier alpha value is -0.810. The van der Waals surface area contributed by atoms with Gasteiger partial charge in [-0.1, -0.05) is 162 Å². The van der Waals surface area contributed by atoms with Crippen molar-refractivity contribution in [2.75, 3.05) is 33.0 Å². The molecule has 40 heavy (non-hydrogen) atoms. The number of rotatable bonds is 33. The number of hydrogen-bond donors (Lipinski definition) is 1. The maximum absolute atomic E-state index is 11.9. The fourth-order valence-electron chi connectivity index (χ4n) is 5.06. The molecule has 0 aromatic heterocycles. The molecule has 0 aromatic carbocycles. The highest BCUT2D eigenvalue weighted by Crippen LogP contribution is 2.13. The van der Waals surface area contributed by atoms with Gasteiger partial charge in [0.05, 0.1) is 19.3 Å². The Morgan fingerprint density at radius 1 is 0.500 bits per heavy atom. The molecule has 0 aliphatic rings. The maximum atomic E-state index is 11.9. The third kappa shape index (κ3) is 31.7. The number of unbranched alkanes of at least 4 members (excludes halogenated alkanes) is 22. The van der Waals surface area contributed by atoms with Crippen molar-refractivity contribution in [3.05, 3.63) is 0 Å². The Morgan fingerprint density at radius 2 is 0.900 bits per heavy atom. The molecule has 1 atom stereocenters. The van der Waals surface area contributed by atoms with E-state index in [0.29, 0.717) is 19.8 Å². The SMILES string of the molecule is CCCCCCCCCCCCCCOCC(CNC(=O)OCCC)OCCCCCCCCCCCCCC. The van der Waals surface area contributed by atoms with Crippen LogP contribution >= 0.6 is 0 Å². The molecule has 0 spiro atoms. The maximum Gasteiger partial charge on any atom is 0.407 e. The van der Waals surface area contributed by atoms with E-state index >= 15 is 0 Å². The van der Waals surface area contributed by atoms with Crippen LogP contribution < -0.4 is 5.32 Å². The van der Waals surface area contributed by atoms with Gasteiger partial charge in [-0.05, 0) is 19.3 Å². The highest BCUT2D eigenvalue weighted by molar-refractivity contribution is 5.67. The van der Waals surface area contributed by atoms with Gasteiger partial charge in [-0.2, -0.15) is 0 Å². The van der Waals surface area contributed by atoms with Crippen LogP contribution in [0.3, 0.4) is 0 Å². The highest BCUT2D eigenvalue weighted by Gasteiger charge is 2.12. The van der Waals surface area contributed by atoms with Crippen molar-refractivity contribution in [1.29, 1.82) is 0 Å². The van der Waals surface area contributed by atoms with E-state index < -0.39 is 0 Å². The standard InChI is InChI=1S/C35H71NO4/c1-4-7-9-11-13-15-17-19-21-23-25-27-30-38-33-34(32-36-35(37)40-29-6-3)39-31-28-26-24-22-20-18-16-14-12-10-8-5-2/h34H,4-33H2,1-3H3,(H,36,37). The van der Waals surface area contributed by atoms with E-state index in [0.717, 1.165) is 32.5 Å². The van der Waals surface area contributed by atoms with E-state index in [1.54, 1.807) is 0 Å². The lowest BCUT2D eigenvalue weighted by atomic mass is 10.1. The smallest absolute Gasteiger partial charge is 0.407 e. The lowest BCUT2D eigenvalue weighted by molar-refractivity contribution is -0.0175. The minimum Gasteiger partial charge on any atom is -0.450 e. The summed E-state index contributed by atoms with van der Waals surface area (Å²) in [7, 11) is 0. The van der Waals surface area contributed by atoms with Gasteiger partial charge in [-0.15, -0.1) is 0 Å². The first-order valence-electron chi connectivity index (χ1n) is 17.8. The summed E-state index contributed by atoms with van der Waals surface area (Å²) < 4.78 is 17.2. The topological polar surface area (TPSA) is 56.8 Å². The van der Waals surface area contributed by atoms with Crippen LogP contribution in [0, 0.1) is 0 Å². The molecule has 0 radical (unpaired) electrons. The van der Waals surface area contributed by atoms with Crippen LogP contribution in [-0.2, 0) is 14.2 Å². The molecule has 5 nitrogen and oxygen atoms in total. The summed E-state index contributed by atoms with van der Waals surface area (Å²) in [4.78, 5) is 11.9. The number of amides is 1. The van der Waals surface area contributed by atoms with Crippen molar-refractivity contribution in [3.63, 3.8) is 0 Å². The molecule has 5 heteroatoms. The number of ether oxygens (including phenoxy) is 3. The Balaban J connectivity index is 3.82. The monoisotopic (exact) mass is 570 g/mol. The van der Waals surface area contributed by atoms with E-state index in [9.17, 15) is 4.79 Å². The van der Waals surface area contributed by atoms with E-state index in [2.05, 4.69) is 19.2 Å². The predicted octanol–water partition coefficient (Wildman–Crippen LogP) is 10.9. The highest BCUT2D eigenvalue weighted by atomic mass is 16.6. The number of alkyl carbamates (subject to hydrolysis) is 1. The van der Waals surface area contributed by atoms with Gasteiger partial charge in [0, 0.05) is 19.8 Å². The summed E-state index contributed by atoms with van der Waals surface area (Å²) in [6, 6.07) is 0. The first-order valence-corrected chi connectivity index (χ1v) is 17.8. The van der Waals surface area contributed by atoms with Crippen molar-refractivity contribution in [2.24, 2.45) is 0 Å². The van der Waals surface area contributed by atoms with Crippen LogP contribution in [0.2, 0.25) is 0 Å². The molecular weight excluding hydrogens is 498 g/mol. The Morgan fingerprint density at radius 3 is 1.32 bits per heavy atom. The van der Waals surface area contributed by atoms with Crippen LogP contribution in [0.5, 0.6) is 0 Å². The Bertz CT molecular complexity index is 488. The van der Waals surface area contributed by atoms with E-state index in [1.807, 2.05) is 6.92 Å². The van der Waals surface area contributed by atoms with Crippen LogP contribution in [-0.4, -0.2) is 45.2 Å². The molecule has 0 saturated heterocycles. The van der Waals surface area contributed by atoms with Gasteiger partial charge < -0.3 is 19.5 Å². The lowest BCUT2D eigenvalue weighted by Gasteiger charge is -2.19. The fraction of sp³-hybridized carbons (Fsp3) is 0.971. The van der Waals surface area contributed by atoms with Crippen LogP contribution in [0.15, 0.2) is 0 Å². The average Bonchev–Trinajstić information content (AvgIpc) is 2.96. The molecule has 0 aliphatic carbocycles. The molecule has 1 amide bonds. The largest absolute Gasteiger partial charge is 0.450 e. The molecule has 1 N–H and O–H groups in total. The normalized spacial score (nSPS) is 12.1. The molecule has 0 aromatic rings. The van der Waals surface area contributed by atoms with Crippen LogP contribution in [0.1, 0.15) is 181 Å². The molecular formula is C35H71NO4. The number of carbonyl (C=O) groups excluding carboxylic acids is 1. The Labute approximate surface area is 250 Å². The predicted molar refractivity (Wildman–Crippen MR) is 172 cm³/mol. The van der Waals surface area contributed by atoms with Crippen molar-refractivity contribution >= 4 is 6.09 Å². The minimum absolute atomic E-state index is 0.112. The average molecular weight is 570 g/mol. The second kappa shape index (κ2) is 34.4. The summed E-state index contributed by atoms with van der Waals surface area (Å²) in [5, 5.41) is 2.85. The summed E-state index contributed by atoms with van der Waals surface area (Å²) in [5.74, 6) is 0. The Kier molecular flexibility index (Phi) is 33.7. The van der Waals surface area contributed by atoms with Crippen LogP contribution in [0.25, 0.3) is 0 Å². The summed E-state index contributed by atoms with van der Waals surface area (Å²) >= 11 is 0. The zero-order valence-corrected chi connectivity index (χ0v) is 27.4. The van der Waals surface area contributed by atoms with Crippen molar-refractivity contribution in [2.45, 2.75) is 187 Å². The molecule has 0 heterocycles. The van der Waals surface area contributed by atoms with Gasteiger partial charge in [-0.3, -0.25) is 0 Å². The van der Waals surface area contributed by atoms with Gasteiger partial charge in [-0.25, -0.2) is 4.79 Å². The van der Waals surface area contributed by atoms with Crippen molar-refractivity contribution in [1.82, 2.24) is 5.32 Å². The van der Waals surface area contributed by atoms with Gasteiger partial charge in [0.1, 0.15) is 0 Å². The molecule has 0 bridgehead atoms. The van der Waals surface area contributed by atoms with Gasteiger partial charge in [0.25, 0.3) is 0 Å². The quantitative estimate of drug-likeness (QED) is 0.0799. The summed E-state index contributed by atoms with van der Waals surface area (Å²) in [5.41, 5.74) is 0. The van der Waals surface area contributed by atoms with Gasteiger partial charge in [0.15, 0.2) is 0 Å². The van der Waals surface area contributed by atoms with E-state index in [-0.39, 0.29) is 12.2 Å². The first kappa shape index (κ1) is 39.2. The molecule has 0 aliphatic heterocycles. The van der Waals surface area contributed by atoms with Gasteiger partial charge >= 0.3 is 6.09 Å². The molecule has 0 saturated carbocycles.